The number of hydrogen-bond donors (Lipinski definition) is 1. The van der Waals surface area contributed by atoms with Crippen molar-refractivity contribution in [2.24, 2.45) is 17.1 Å². The normalized spacial score (nSPS) is 27.4. The lowest BCUT2D eigenvalue weighted by molar-refractivity contribution is 0.0566. The molecule has 0 saturated heterocycles. The number of nitrogens with two attached hydrogens (primary N) is 1. The van der Waals surface area contributed by atoms with Crippen LogP contribution in [0.15, 0.2) is 18.2 Å². The molecule has 1 aliphatic rings. The number of aryl methyl sites for hydroxylation is 1. The van der Waals surface area contributed by atoms with Gasteiger partial charge < -0.3 is 10.5 Å². The molecule has 3 atom stereocenters. The first-order chi connectivity index (χ1) is 9.29. The molecule has 1 fully saturated rings. The Labute approximate surface area is 121 Å². The molecular weight excluding hydrogens is 253 g/mol. The first-order valence-corrected chi connectivity index (χ1v) is 7.46. The minimum atomic E-state index is -0.266. The van der Waals surface area contributed by atoms with E-state index in [9.17, 15) is 4.39 Å². The molecule has 0 aromatic heterocycles. The Kier molecular flexibility index (Phi) is 4.38. The Hall–Kier alpha value is -1.09. The van der Waals surface area contributed by atoms with Crippen LogP contribution >= 0.6 is 0 Å². The van der Waals surface area contributed by atoms with Crippen LogP contribution < -0.4 is 10.5 Å². The summed E-state index contributed by atoms with van der Waals surface area (Å²) in [5, 5.41) is 0. The van der Waals surface area contributed by atoms with Gasteiger partial charge in [0.2, 0.25) is 0 Å². The van der Waals surface area contributed by atoms with Gasteiger partial charge in [0.1, 0.15) is 6.10 Å². The smallest absolute Gasteiger partial charge is 0.167 e. The van der Waals surface area contributed by atoms with E-state index in [0.717, 1.165) is 19.3 Å². The van der Waals surface area contributed by atoms with Gasteiger partial charge in [0.25, 0.3) is 0 Å². The third kappa shape index (κ3) is 3.32. The Balaban J connectivity index is 2.12. The summed E-state index contributed by atoms with van der Waals surface area (Å²) < 4.78 is 20.0. The van der Waals surface area contributed by atoms with Crippen LogP contribution in [0.4, 0.5) is 4.39 Å². The van der Waals surface area contributed by atoms with Gasteiger partial charge in [-0.15, -0.1) is 0 Å². The SMILES string of the molecule is Cc1cccc(OC2CC(C(C)(C)C)CCC2N)c1F. The van der Waals surface area contributed by atoms with E-state index in [4.69, 9.17) is 10.5 Å². The number of hydrogen-bond acceptors (Lipinski definition) is 2. The number of ether oxygens (including phenoxy) is 1. The van der Waals surface area contributed by atoms with Gasteiger partial charge in [-0.05, 0) is 49.1 Å². The third-order valence-corrected chi connectivity index (χ3v) is 4.50. The number of halogens is 1. The highest BCUT2D eigenvalue weighted by Crippen LogP contribution is 2.39. The van der Waals surface area contributed by atoms with Crippen LogP contribution in [-0.4, -0.2) is 12.1 Å². The van der Waals surface area contributed by atoms with Gasteiger partial charge in [0.05, 0.1) is 0 Å². The van der Waals surface area contributed by atoms with Crippen molar-refractivity contribution in [2.75, 3.05) is 0 Å². The van der Waals surface area contributed by atoms with Crippen LogP contribution in [0.2, 0.25) is 0 Å². The first kappa shape index (κ1) is 15.3. The van der Waals surface area contributed by atoms with Gasteiger partial charge in [-0.25, -0.2) is 4.39 Å². The maximum atomic E-state index is 14.0. The van der Waals surface area contributed by atoms with Crippen LogP contribution in [0, 0.1) is 24.1 Å². The lowest BCUT2D eigenvalue weighted by atomic mass is 9.70. The van der Waals surface area contributed by atoms with Crippen molar-refractivity contribution in [2.45, 2.75) is 59.1 Å². The minimum Gasteiger partial charge on any atom is -0.486 e. The van der Waals surface area contributed by atoms with Gasteiger partial charge in [-0.2, -0.15) is 0 Å². The summed E-state index contributed by atoms with van der Waals surface area (Å²) in [7, 11) is 0. The molecule has 0 bridgehead atoms. The average molecular weight is 279 g/mol. The van der Waals surface area contributed by atoms with Crippen molar-refractivity contribution in [3.05, 3.63) is 29.6 Å². The van der Waals surface area contributed by atoms with Crippen LogP contribution in [0.1, 0.15) is 45.6 Å². The Bertz CT molecular complexity index is 467. The van der Waals surface area contributed by atoms with Crippen LogP contribution in [0.25, 0.3) is 0 Å². The topological polar surface area (TPSA) is 35.2 Å². The molecule has 1 aromatic rings. The molecule has 1 saturated carbocycles. The zero-order chi connectivity index (χ0) is 14.9. The second-order valence-electron chi connectivity index (χ2n) is 7.08. The monoisotopic (exact) mass is 279 g/mol. The average Bonchev–Trinajstić information content (AvgIpc) is 2.36. The molecule has 0 heterocycles. The van der Waals surface area contributed by atoms with E-state index in [-0.39, 0.29) is 23.4 Å². The van der Waals surface area contributed by atoms with Crippen LogP contribution in [0.3, 0.4) is 0 Å². The van der Waals surface area contributed by atoms with E-state index in [0.29, 0.717) is 17.2 Å². The lowest BCUT2D eigenvalue weighted by Crippen LogP contribution is -2.46. The molecule has 1 aromatic carbocycles. The fraction of sp³-hybridized carbons (Fsp3) is 0.647. The lowest BCUT2D eigenvalue weighted by Gasteiger charge is -2.40. The van der Waals surface area contributed by atoms with E-state index >= 15 is 0 Å². The Morgan fingerprint density at radius 2 is 1.95 bits per heavy atom. The largest absolute Gasteiger partial charge is 0.486 e. The predicted molar refractivity (Wildman–Crippen MR) is 80.3 cm³/mol. The summed E-state index contributed by atoms with van der Waals surface area (Å²) in [6.07, 6.45) is 2.88. The third-order valence-electron chi connectivity index (χ3n) is 4.50. The van der Waals surface area contributed by atoms with Crippen LogP contribution in [0.5, 0.6) is 5.75 Å². The highest BCUT2D eigenvalue weighted by Gasteiger charge is 2.35. The molecule has 0 radical (unpaired) electrons. The molecule has 0 spiro atoms. The summed E-state index contributed by atoms with van der Waals surface area (Å²) in [5.74, 6) is 0.637. The highest BCUT2D eigenvalue weighted by molar-refractivity contribution is 5.30. The van der Waals surface area contributed by atoms with Gasteiger partial charge in [-0.1, -0.05) is 32.9 Å². The maximum absolute atomic E-state index is 14.0. The van der Waals surface area contributed by atoms with Gasteiger partial charge in [0.15, 0.2) is 11.6 Å². The standard InChI is InChI=1S/C17H26FNO/c1-11-6-5-7-14(16(11)18)20-15-10-12(17(2,3)4)8-9-13(15)19/h5-7,12-13,15H,8-10,19H2,1-4H3. The molecule has 1 aliphatic carbocycles. The van der Waals surface area contributed by atoms with Gasteiger partial charge >= 0.3 is 0 Å². The van der Waals surface area contributed by atoms with E-state index in [2.05, 4.69) is 20.8 Å². The number of benzene rings is 1. The second kappa shape index (κ2) is 5.72. The molecule has 20 heavy (non-hydrogen) atoms. The van der Waals surface area contributed by atoms with Crippen molar-refractivity contribution >= 4 is 0 Å². The Morgan fingerprint density at radius 1 is 1.25 bits per heavy atom. The van der Waals surface area contributed by atoms with Crippen molar-refractivity contribution in [3.63, 3.8) is 0 Å². The molecule has 2 rings (SSSR count). The van der Waals surface area contributed by atoms with Crippen molar-refractivity contribution < 1.29 is 9.13 Å². The van der Waals surface area contributed by atoms with E-state index in [1.54, 1.807) is 19.1 Å². The molecule has 0 amide bonds. The summed E-state index contributed by atoms with van der Waals surface area (Å²) >= 11 is 0. The zero-order valence-corrected chi connectivity index (χ0v) is 12.9. The van der Waals surface area contributed by atoms with E-state index in [1.807, 2.05) is 6.07 Å². The van der Waals surface area contributed by atoms with Gasteiger partial charge in [0, 0.05) is 6.04 Å². The summed E-state index contributed by atoms with van der Waals surface area (Å²) in [6, 6.07) is 5.26. The highest BCUT2D eigenvalue weighted by atomic mass is 19.1. The molecule has 0 aliphatic heterocycles. The fourth-order valence-electron chi connectivity index (χ4n) is 2.95. The zero-order valence-electron chi connectivity index (χ0n) is 12.9. The molecule has 3 unspecified atom stereocenters. The summed E-state index contributed by atoms with van der Waals surface area (Å²) in [5.41, 5.74) is 7.03. The number of rotatable bonds is 2. The van der Waals surface area contributed by atoms with Gasteiger partial charge in [-0.3, -0.25) is 0 Å². The molecule has 3 heteroatoms. The van der Waals surface area contributed by atoms with E-state index < -0.39 is 0 Å². The van der Waals surface area contributed by atoms with Crippen LogP contribution in [-0.2, 0) is 0 Å². The molecule has 2 N–H and O–H groups in total. The van der Waals surface area contributed by atoms with Crippen molar-refractivity contribution in [1.82, 2.24) is 0 Å². The first-order valence-electron chi connectivity index (χ1n) is 7.46. The minimum absolute atomic E-state index is 0.00601. The summed E-state index contributed by atoms with van der Waals surface area (Å²) in [4.78, 5) is 0. The summed E-state index contributed by atoms with van der Waals surface area (Å²) in [6.45, 7) is 8.50. The second-order valence-corrected chi connectivity index (χ2v) is 7.08. The quantitative estimate of drug-likeness (QED) is 0.886. The molecular formula is C17H26FNO. The van der Waals surface area contributed by atoms with Crippen molar-refractivity contribution in [3.8, 4) is 5.75 Å². The molecule has 112 valence electrons. The predicted octanol–water partition coefficient (Wildman–Crippen LogP) is 4.06. The molecule has 2 nitrogen and oxygen atoms in total. The van der Waals surface area contributed by atoms with E-state index in [1.165, 1.54) is 0 Å². The maximum Gasteiger partial charge on any atom is 0.167 e. The van der Waals surface area contributed by atoms with Crippen molar-refractivity contribution in [1.29, 1.82) is 0 Å². The fourth-order valence-corrected chi connectivity index (χ4v) is 2.95. The Morgan fingerprint density at radius 3 is 2.60 bits per heavy atom.